The molecule has 0 radical (unpaired) electrons. The smallest absolute Gasteiger partial charge is 0.328 e. The van der Waals surface area contributed by atoms with E-state index < -0.39 is 11.9 Å². The van der Waals surface area contributed by atoms with Crippen molar-refractivity contribution < 1.29 is 24.6 Å². The standard InChI is InChI=1S/C23H23N5O.C4H4O4/c24-14-17-3-8-22-21(13-17)25-16-28(22)19-6-4-18(5-7-19)23(29)27-12-9-20(15-27)26-10-1-2-11-26;5-3(6)1-2-4(7)8/h3-8,13,16,20H,1-2,9-12,15H2;1-2H,(H,5,6)(H,7,8)/b;2-1+/t20-;/m0./s1. The van der Waals surface area contributed by atoms with Crippen molar-refractivity contribution in [3.8, 4) is 11.8 Å². The van der Waals surface area contributed by atoms with E-state index in [1.807, 2.05) is 39.8 Å². The molecule has 2 aromatic carbocycles. The zero-order chi connectivity index (χ0) is 26.4. The highest BCUT2D eigenvalue weighted by Gasteiger charge is 2.31. The van der Waals surface area contributed by atoms with Crippen LogP contribution >= 0.6 is 0 Å². The first-order chi connectivity index (χ1) is 17.9. The van der Waals surface area contributed by atoms with Crippen LogP contribution in [0.3, 0.4) is 0 Å². The maximum atomic E-state index is 12.9. The van der Waals surface area contributed by atoms with Gasteiger partial charge in [0.2, 0.25) is 0 Å². The maximum Gasteiger partial charge on any atom is 0.328 e. The van der Waals surface area contributed by atoms with Crippen molar-refractivity contribution in [3.63, 3.8) is 0 Å². The topological polar surface area (TPSA) is 140 Å². The second kappa shape index (κ2) is 11.5. The van der Waals surface area contributed by atoms with Crippen LogP contribution in [0.1, 0.15) is 35.2 Å². The second-order valence-electron chi connectivity index (χ2n) is 8.92. The number of aromatic nitrogens is 2. The summed E-state index contributed by atoms with van der Waals surface area (Å²) in [6.45, 7) is 4.04. The lowest BCUT2D eigenvalue weighted by atomic mass is 10.1. The fourth-order valence-corrected chi connectivity index (χ4v) is 4.71. The van der Waals surface area contributed by atoms with Crippen molar-refractivity contribution in [1.82, 2.24) is 19.4 Å². The number of rotatable bonds is 5. The molecule has 0 unspecified atom stereocenters. The number of carboxylic acids is 2. The van der Waals surface area contributed by atoms with Gasteiger partial charge >= 0.3 is 11.9 Å². The van der Waals surface area contributed by atoms with Crippen LogP contribution in [-0.2, 0) is 9.59 Å². The van der Waals surface area contributed by atoms with Gasteiger partial charge in [-0.3, -0.25) is 14.3 Å². The first-order valence-corrected chi connectivity index (χ1v) is 12.0. The van der Waals surface area contributed by atoms with Crippen LogP contribution < -0.4 is 0 Å². The zero-order valence-electron chi connectivity index (χ0n) is 20.2. The molecule has 2 N–H and O–H groups in total. The third-order valence-electron chi connectivity index (χ3n) is 6.54. The summed E-state index contributed by atoms with van der Waals surface area (Å²) < 4.78 is 1.98. The molecule has 0 bridgehead atoms. The third-order valence-corrected chi connectivity index (χ3v) is 6.54. The molecule has 10 heteroatoms. The molecule has 2 fully saturated rings. The molecular formula is C27H27N5O5. The van der Waals surface area contributed by atoms with E-state index >= 15 is 0 Å². The molecule has 0 spiro atoms. The summed E-state index contributed by atoms with van der Waals surface area (Å²) in [7, 11) is 0. The highest BCUT2D eigenvalue weighted by Crippen LogP contribution is 2.23. The summed E-state index contributed by atoms with van der Waals surface area (Å²) in [5, 5.41) is 24.7. The van der Waals surface area contributed by atoms with Crippen molar-refractivity contribution in [2.45, 2.75) is 25.3 Å². The molecule has 1 atom stereocenters. The van der Waals surface area contributed by atoms with Crippen LogP contribution in [-0.4, -0.2) is 79.6 Å². The van der Waals surface area contributed by atoms with Crippen molar-refractivity contribution in [2.75, 3.05) is 26.2 Å². The quantitative estimate of drug-likeness (QED) is 0.509. The largest absolute Gasteiger partial charge is 0.478 e. The Balaban J connectivity index is 0.000000349. The lowest BCUT2D eigenvalue weighted by molar-refractivity contribution is -0.134. The Bertz CT molecular complexity index is 1350. The Morgan fingerprint density at radius 3 is 2.27 bits per heavy atom. The molecule has 2 aliphatic heterocycles. The van der Waals surface area contributed by atoms with E-state index in [4.69, 9.17) is 15.5 Å². The van der Waals surface area contributed by atoms with Crippen molar-refractivity contribution in [3.05, 3.63) is 72.1 Å². The van der Waals surface area contributed by atoms with E-state index in [0.717, 1.165) is 41.8 Å². The van der Waals surface area contributed by atoms with Crippen molar-refractivity contribution in [2.24, 2.45) is 0 Å². The highest BCUT2D eigenvalue weighted by atomic mass is 16.4. The van der Waals surface area contributed by atoms with Gasteiger partial charge in [0.15, 0.2) is 0 Å². The van der Waals surface area contributed by atoms with Crippen LogP contribution in [0.2, 0.25) is 0 Å². The summed E-state index contributed by atoms with van der Waals surface area (Å²) in [6, 6.07) is 15.9. The Hall–Kier alpha value is -4.49. The number of imidazole rings is 1. The van der Waals surface area contributed by atoms with E-state index in [0.29, 0.717) is 23.8 Å². The first kappa shape index (κ1) is 25.6. The second-order valence-corrected chi connectivity index (χ2v) is 8.92. The number of carboxylic acid groups (broad SMARTS) is 2. The van der Waals surface area contributed by atoms with E-state index in [9.17, 15) is 14.4 Å². The van der Waals surface area contributed by atoms with Crippen LogP contribution in [0.5, 0.6) is 0 Å². The Morgan fingerprint density at radius 1 is 0.973 bits per heavy atom. The molecule has 3 heterocycles. The monoisotopic (exact) mass is 501 g/mol. The number of nitrogens with zero attached hydrogens (tertiary/aromatic N) is 5. The van der Waals surface area contributed by atoms with Gasteiger partial charge in [0.1, 0.15) is 6.33 Å². The van der Waals surface area contributed by atoms with Gasteiger partial charge < -0.3 is 15.1 Å². The molecule has 10 nitrogen and oxygen atoms in total. The number of nitriles is 1. The Kier molecular flexibility index (Phi) is 7.95. The van der Waals surface area contributed by atoms with Gasteiger partial charge in [0.05, 0.1) is 22.7 Å². The summed E-state index contributed by atoms with van der Waals surface area (Å²) in [5.74, 6) is -2.40. The van der Waals surface area contributed by atoms with Gasteiger partial charge in [-0.2, -0.15) is 5.26 Å². The fourth-order valence-electron chi connectivity index (χ4n) is 4.71. The number of likely N-dealkylation sites (tertiary alicyclic amines) is 2. The van der Waals surface area contributed by atoms with Crippen molar-refractivity contribution >= 4 is 28.9 Å². The molecule has 5 rings (SSSR count). The molecule has 2 aliphatic rings. The normalized spacial score (nSPS) is 17.5. The Morgan fingerprint density at radius 2 is 1.65 bits per heavy atom. The van der Waals surface area contributed by atoms with Gasteiger partial charge in [-0.15, -0.1) is 0 Å². The van der Waals surface area contributed by atoms with E-state index in [-0.39, 0.29) is 5.91 Å². The van der Waals surface area contributed by atoms with Crippen LogP contribution in [0.15, 0.2) is 60.9 Å². The molecule has 1 aromatic heterocycles. The first-order valence-electron chi connectivity index (χ1n) is 12.0. The average Bonchev–Trinajstić information content (AvgIpc) is 3.67. The number of aliphatic carboxylic acids is 2. The lowest BCUT2D eigenvalue weighted by Crippen LogP contribution is -2.37. The molecule has 190 valence electrons. The summed E-state index contributed by atoms with van der Waals surface area (Å²) in [4.78, 5) is 41.0. The lowest BCUT2D eigenvalue weighted by Gasteiger charge is -2.23. The molecular weight excluding hydrogens is 474 g/mol. The van der Waals surface area contributed by atoms with Gasteiger partial charge in [-0.1, -0.05) is 0 Å². The van der Waals surface area contributed by atoms with Crippen LogP contribution in [0.25, 0.3) is 16.7 Å². The molecule has 0 saturated carbocycles. The summed E-state index contributed by atoms with van der Waals surface area (Å²) >= 11 is 0. The minimum atomic E-state index is -1.26. The Labute approximate surface area is 213 Å². The number of benzene rings is 2. The number of amides is 1. The molecule has 0 aliphatic carbocycles. The number of fused-ring (bicyclic) bond motifs is 1. The highest BCUT2D eigenvalue weighted by molar-refractivity contribution is 5.94. The predicted octanol–water partition coefficient (Wildman–Crippen LogP) is 2.92. The zero-order valence-corrected chi connectivity index (χ0v) is 20.2. The van der Waals surface area contributed by atoms with E-state index in [1.165, 1.54) is 25.9 Å². The van der Waals surface area contributed by atoms with Gasteiger partial charge in [-0.25, -0.2) is 14.6 Å². The van der Waals surface area contributed by atoms with Gasteiger partial charge in [-0.05, 0) is 74.8 Å². The molecule has 2 saturated heterocycles. The van der Waals surface area contributed by atoms with Crippen LogP contribution in [0.4, 0.5) is 0 Å². The average molecular weight is 502 g/mol. The van der Waals surface area contributed by atoms with E-state index in [2.05, 4.69) is 16.0 Å². The SMILES string of the molecule is N#Cc1ccc2c(c1)ncn2-c1ccc(C(=O)N2CC[C@H](N3CCCC3)C2)cc1.O=C(O)/C=C/C(=O)O. The summed E-state index contributed by atoms with van der Waals surface area (Å²) in [5.41, 5.74) is 4.00. The third kappa shape index (κ3) is 6.20. The van der Waals surface area contributed by atoms with Gasteiger partial charge in [0, 0.05) is 42.5 Å². The van der Waals surface area contributed by atoms with Crippen LogP contribution in [0, 0.1) is 11.3 Å². The predicted molar refractivity (Wildman–Crippen MR) is 135 cm³/mol. The molecule has 1 amide bonds. The minimum absolute atomic E-state index is 0.118. The number of hydrogen-bond donors (Lipinski definition) is 2. The minimum Gasteiger partial charge on any atom is -0.478 e. The van der Waals surface area contributed by atoms with Crippen molar-refractivity contribution in [1.29, 1.82) is 5.26 Å². The van der Waals surface area contributed by atoms with Gasteiger partial charge in [0.25, 0.3) is 5.91 Å². The number of carbonyl (C=O) groups excluding carboxylic acids is 1. The number of carbonyl (C=O) groups is 3. The maximum absolute atomic E-state index is 12.9. The van der Waals surface area contributed by atoms with E-state index in [1.54, 1.807) is 18.5 Å². The molecule has 37 heavy (non-hydrogen) atoms. The number of hydrogen-bond acceptors (Lipinski definition) is 6. The summed E-state index contributed by atoms with van der Waals surface area (Å²) in [6.07, 6.45) is 6.52. The molecule has 3 aromatic rings. The fraction of sp³-hybridized carbons (Fsp3) is 0.296.